The van der Waals surface area contributed by atoms with Gasteiger partial charge in [-0.2, -0.15) is 0 Å². The van der Waals surface area contributed by atoms with E-state index in [9.17, 15) is 14.4 Å². The third kappa shape index (κ3) is 6.07. The molecule has 8 heteroatoms. The number of rotatable bonds is 10. The highest BCUT2D eigenvalue weighted by Gasteiger charge is 2.26. The standard InChI is InChI=1S/C28H29N3O5/c1-19-7-5-9-25(20(19)2)35-17-24(32)21-11-12-26-23(15-21)31(28(34)18-36-26)14-6-10-27(33)30-16-22-8-3-4-13-29-22/h3-5,7-9,11-13,15H,6,10,14,16-18H2,1-2H3,(H,30,33). The summed E-state index contributed by atoms with van der Waals surface area (Å²) in [5.41, 5.74) is 3.81. The van der Waals surface area contributed by atoms with Crippen LogP contribution in [0, 0.1) is 13.8 Å². The molecule has 186 valence electrons. The maximum atomic E-state index is 12.9. The Morgan fingerprint density at radius 2 is 1.97 bits per heavy atom. The molecule has 0 aliphatic carbocycles. The number of aryl methyl sites for hydroxylation is 1. The molecule has 3 aromatic rings. The number of nitrogens with zero attached hydrogens (tertiary/aromatic N) is 2. The zero-order chi connectivity index (χ0) is 25.5. The first-order valence-corrected chi connectivity index (χ1v) is 11.9. The maximum absolute atomic E-state index is 12.9. The number of ether oxygens (including phenoxy) is 2. The Morgan fingerprint density at radius 3 is 2.78 bits per heavy atom. The number of fused-ring (bicyclic) bond motifs is 1. The Kier molecular flexibility index (Phi) is 7.95. The summed E-state index contributed by atoms with van der Waals surface area (Å²) >= 11 is 0. The van der Waals surface area contributed by atoms with E-state index in [0.29, 0.717) is 42.3 Å². The number of ketones is 1. The van der Waals surface area contributed by atoms with Crippen molar-refractivity contribution in [3.63, 3.8) is 0 Å². The van der Waals surface area contributed by atoms with E-state index in [-0.39, 0.29) is 37.2 Å². The number of benzene rings is 2. The van der Waals surface area contributed by atoms with E-state index >= 15 is 0 Å². The van der Waals surface area contributed by atoms with Crippen LogP contribution in [-0.2, 0) is 16.1 Å². The van der Waals surface area contributed by atoms with E-state index < -0.39 is 0 Å². The lowest BCUT2D eigenvalue weighted by molar-refractivity contribution is -0.123. The smallest absolute Gasteiger partial charge is 0.265 e. The third-order valence-corrected chi connectivity index (χ3v) is 6.12. The van der Waals surface area contributed by atoms with Crippen LogP contribution < -0.4 is 19.7 Å². The number of amides is 2. The van der Waals surface area contributed by atoms with Gasteiger partial charge in [-0.3, -0.25) is 19.4 Å². The first kappa shape index (κ1) is 24.9. The van der Waals surface area contributed by atoms with Crippen molar-refractivity contribution >= 4 is 23.3 Å². The molecule has 0 saturated carbocycles. The highest BCUT2D eigenvalue weighted by atomic mass is 16.5. The molecule has 4 rings (SSSR count). The van der Waals surface area contributed by atoms with Crippen LogP contribution in [0.2, 0.25) is 0 Å². The van der Waals surface area contributed by atoms with Crippen molar-refractivity contribution in [2.75, 3.05) is 24.7 Å². The van der Waals surface area contributed by atoms with Crippen LogP contribution in [0.1, 0.15) is 40.0 Å². The molecule has 1 aromatic heterocycles. The lowest BCUT2D eigenvalue weighted by Crippen LogP contribution is -2.40. The molecular weight excluding hydrogens is 458 g/mol. The van der Waals surface area contributed by atoms with Gasteiger partial charge in [-0.25, -0.2) is 0 Å². The van der Waals surface area contributed by atoms with Gasteiger partial charge in [0.1, 0.15) is 11.5 Å². The second-order valence-electron chi connectivity index (χ2n) is 8.63. The lowest BCUT2D eigenvalue weighted by Gasteiger charge is -2.29. The molecule has 0 spiro atoms. The van der Waals surface area contributed by atoms with Crippen molar-refractivity contribution in [1.29, 1.82) is 0 Å². The molecule has 8 nitrogen and oxygen atoms in total. The Hall–Kier alpha value is -4.20. The van der Waals surface area contributed by atoms with E-state index in [1.807, 2.05) is 50.2 Å². The zero-order valence-corrected chi connectivity index (χ0v) is 20.5. The van der Waals surface area contributed by atoms with Gasteiger partial charge in [-0.15, -0.1) is 0 Å². The van der Waals surface area contributed by atoms with Gasteiger partial charge in [0.05, 0.1) is 17.9 Å². The van der Waals surface area contributed by atoms with Crippen LogP contribution in [-0.4, -0.2) is 42.3 Å². The van der Waals surface area contributed by atoms with Crippen molar-refractivity contribution in [3.8, 4) is 11.5 Å². The molecule has 1 N–H and O–H groups in total. The number of hydrogen-bond acceptors (Lipinski definition) is 6. The SMILES string of the molecule is Cc1cccc(OCC(=O)c2ccc3c(c2)N(CCCC(=O)NCc2ccccn2)C(=O)CO3)c1C. The third-order valence-electron chi connectivity index (χ3n) is 6.12. The van der Waals surface area contributed by atoms with Gasteiger partial charge in [0.2, 0.25) is 5.91 Å². The Morgan fingerprint density at radius 1 is 1.11 bits per heavy atom. The normalized spacial score (nSPS) is 12.5. The molecule has 2 aromatic carbocycles. The molecule has 0 radical (unpaired) electrons. The topological polar surface area (TPSA) is 97.8 Å². The molecule has 0 unspecified atom stereocenters. The zero-order valence-electron chi connectivity index (χ0n) is 20.5. The molecule has 1 aliphatic heterocycles. The molecule has 0 saturated heterocycles. The predicted octanol–water partition coefficient (Wildman–Crippen LogP) is 3.78. The fourth-order valence-electron chi connectivity index (χ4n) is 3.91. The first-order valence-electron chi connectivity index (χ1n) is 11.9. The van der Waals surface area contributed by atoms with Crippen LogP contribution >= 0.6 is 0 Å². The Labute approximate surface area is 210 Å². The predicted molar refractivity (Wildman–Crippen MR) is 135 cm³/mol. The summed E-state index contributed by atoms with van der Waals surface area (Å²) in [6, 6.07) is 16.3. The molecule has 2 amide bonds. The molecule has 0 fully saturated rings. The van der Waals surface area contributed by atoms with Crippen molar-refractivity contribution in [1.82, 2.24) is 10.3 Å². The summed E-state index contributed by atoms with van der Waals surface area (Å²) in [5, 5.41) is 2.84. The number of hydrogen-bond donors (Lipinski definition) is 1. The summed E-state index contributed by atoms with van der Waals surface area (Å²) in [5.74, 6) is 0.663. The number of nitrogens with one attached hydrogen (secondary N) is 1. The molecule has 0 bridgehead atoms. The second kappa shape index (κ2) is 11.5. The van der Waals surface area contributed by atoms with Crippen LogP contribution in [0.25, 0.3) is 0 Å². The largest absolute Gasteiger partial charge is 0.485 e. The summed E-state index contributed by atoms with van der Waals surface area (Å²) in [4.78, 5) is 43.4. The van der Waals surface area contributed by atoms with E-state index in [4.69, 9.17) is 9.47 Å². The van der Waals surface area contributed by atoms with Gasteiger partial charge < -0.3 is 19.7 Å². The molecule has 36 heavy (non-hydrogen) atoms. The number of Topliss-reactive ketones (excluding diaryl/α,β-unsaturated/α-hetero) is 1. The Balaban J connectivity index is 1.36. The van der Waals surface area contributed by atoms with Gasteiger partial charge in [0, 0.05) is 24.7 Å². The minimum Gasteiger partial charge on any atom is -0.485 e. The molecule has 1 aliphatic rings. The number of aromatic nitrogens is 1. The van der Waals surface area contributed by atoms with Crippen LogP contribution in [0.4, 0.5) is 5.69 Å². The first-order chi connectivity index (χ1) is 17.4. The van der Waals surface area contributed by atoms with E-state index in [0.717, 1.165) is 16.8 Å². The van der Waals surface area contributed by atoms with Crippen LogP contribution in [0.5, 0.6) is 11.5 Å². The Bertz CT molecular complexity index is 1260. The molecule has 2 heterocycles. The summed E-state index contributed by atoms with van der Waals surface area (Å²) in [6.07, 6.45) is 2.40. The van der Waals surface area contributed by atoms with Gasteiger partial charge in [0.25, 0.3) is 5.91 Å². The fourth-order valence-corrected chi connectivity index (χ4v) is 3.91. The van der Waals surface area contributed by atoms with E-state index in [1.165, 1.54) is 0 Å². The van der Waals surface area contributed by atoms with Crippen molar-refractivity contribution in [3.05, 3.63) is 83.2 Å². The van der Waals surface area contributed by atoms with Gasteiger partial charge in [-0.1, -0.05) is 18.2 Å². The summed E-state index contributed by atoms with van der Waals surface area (Å²) in [7, 11) is 0. The van der Waals surface area contributed by atoms with Crippen molar-refractivity contribution < 1.29 is 23.9 Å². The number of pyridine rings is 1. The summed E-state index contributed by atoms with van der Waals surface area (Å²) in [6.45, 7) is 4.44. The van der Waals surface area contributed by atoms with Crippen LogP contribution in [0.3, 0.4) is 0 Å². The fraction of sp³-hybridized carbons (Fsp3) is 0.286. The molecule has 0 atom stereocenters. The van der Waals surface area contributed by atoms with Gasteiger partial charge in [0.15, 0.2) is 19.0 Å². The second-order valence-corrected chi connectivity index (χ2v) is 8.63. The quantitative estimate of drug-likeness (QED) is 0.437. The minimum absolute atomic E-state index is 0.0814. The highest BCUT2D eigenvalue weighted by Crippen LogP contribution is 2.33. The van der Waals surface area contributed by atoms with E-state index in [1.54, 1.807) is 29.3 Å². The van der Waals surface area contributed by atoms with Crippen molar-refractivity contribution in [2.45, 2.75) is 33.2 Å². The number of carbonyl (C=O) groups excluding carboxylic acids is 3. The summed E-state index contributed by atoms with van der Waals surface area (Å²) < 4.78 is 11.3. The highest BCUT2D eigenvalue weighted by molar-refractivity contribution is 6.02. The van der Waals surface area contributed by atoms with Crippen LogP contribution in [0.15, 0.2) is 60.8 Å². The van der Waals surface area contributed by atoms with Gasteiger partial charge in [-0.05, 0) is 67.8 Å². The van der Waals surface area contributed by atoms with Crippen molar-refractivity contribution in [2.24, 2.45) is 0 Å². The van der Waals surface area contributed by atoms with E-state index in [2.05, 4.69) is 10.3 Å². The minimum atomic E-state index is -0.215. The van der Waals surface area contributed by atoms with Gasteiger partial charge >= 0.3 is 0 Å². The monoisotopic (exact) mass is 487 g/mol. The average Bonchev–Trinajstić information content (AvgIpc) is 2.89. The average molecular weight is 488 g/mol. The lowest BCUT2D eigenvalue weighted by atomic mass is 10.1. The number of anilines is 1. The molecular formula is C28H29N3O5. The number of carbonyl (C=O) groups is 3. The maximum Gasteiger partial charge on any atom is 0.265 e.